The molecule has 0 radical (unpaired) electrons. The van der Waals surface area contributed by atoms with Crippen LogP contribution in [-0.4, -0.2) is 36.2 Å². The smallest absolute Gasteiger partial charge is 0.297 e. The first-order valence-corrected chi connectivity index (χ1v) is 6.96. The number of hydrogen-bond acceptors (Lipinski definition) is 4. The first kappa shape index (κ1) is 15.4. The fourth-order valence-electron chi connectivity index (χ4n) is 2.13. The van der Waals surface area contributed by atoms with E-state index in [9.17, 15) is 4.79 Å². The fourth-order valence-corrected chi connectivity index (χ4v) is 2.37. The Morgan fingerprint density at radius 3 is 2.76 bits per heavy atom. The van der Waals surface area contributed by atoms with Gasteiger partial charge in [0.1, 0.15) is 5.75 Å². The molecule has 2 rings (SSSR count). The van der Waals surface area contributed by atoms with Crippen LogP contribution >= 0.6 is 11.6 Å². The maximum absolute atomic E-state index is 10.9. The third-order valence-electron chi connectivity index (χ3n) is 3.10. The number of fused-ring (bicyclic) bond motifs is 1. The Balaban J connectivity index is 2.29. The highest BCUT2D eigenvalue weighted by Gasteiger charge is 2.14. The standard InChI is InChI=1S/C14H18ClN3O3/c1-9(19)16-5-4-6-18-12-8-13(20-2)10(15)7-11(12)17-14(18)21-3/h7-8H,4-6H2,1-3H3,(H,16,19). The number of benzene rings is 1. The molecule has 1 heterocycles. The SMILES string of the molecule is COc1cc2c(cc1Cl)nc(OC)n2CCCNC(C)=O. The number of methoxy groups -OCH3 is 2. The van der Waals surface area contributed by atoms with Crippen molar-refractivity contribution in [1.82, 2.24) is 14.9 Å². The minimum Gasteiger partial charge on any atom is -0.495 e. The van der Waals surface area contributed by atoms with Crippen LogP contribution in [0.3, 0.4) is 0 Å². The highest BCUT2D eigenvalue weighted by atomic mass is 35.5. The van der Waals surface area contributed by atoms with Gasteiger partial charge in [-0.2, -0.15) is 4.98 Å². The Morgan fingerprint density at radius 1 is 1.38 bits per heavy atom. The quantitative estimate of drug-likeness (QED) is 0.831. The molecule has 0 aliphatic carbocycles. The van der Waals surface area contributed by atoms with E-state index in [0.717, 1.165) is 17.5 Å². The summed E-state index contributed by atoms with van der Waals surface area (Å²) < 4.78 is 12.5. The van der Waals surface area contributed by atoms with Crippen LogP contribution in [0.15, 0.2) is 12.1 Å². The lowest BCUT2D eigenvalue weighted by atomic mass is 10.3. The average molecular weight is 312 g/mol. The first-order valence-electron chi connectivity index (χ1n) is 6.59. The summed E-state index contributed by atoms with van der Waals surface area (Å²) in [5, 5.41) is 3.28. The molecule has 7 heteroatoms. The molecule has 114 valence electrons. The fraction of sp³-hybridized carbons (Fsp3) is 0.429. The predicted octanol–water partition coefficient (Wildman–Crippen LogP) is 2.23. The summed E-state index contributed by atoms with van der Waals surface area (Å²) in [6.07, 6.45) is 0.770. The van der Waals surface area contributed by atoms with Crippen LogP contribution in [-0.2, 0) is 11.3 Å². The zero-order valence-corrected chi connectivity index (χ0v) is 13.0. The molecule has 1 aromatic heterocycles. The number of nitrogens with zero attached hydrogens (tertiary/aromatic N) is 2. The Hall–Kier alpha value is -1.95. The zero-order chi connectivity index (χ0) is 15.4. The van der Waals surface area contributed by atoms with Gasteiger partial charge in [-0.25, -0.2) is 0 Å². The van der Waals surface area contributed by atoms with E-state index < -0.39 is 0 Å². The van der Waals surface area contributed by atoms with Gasteiger partial charge in [0.2, 0.25) is 5.91 Å². The van der Waals surface area contributed by atoms with Crippen molar-refractivity contribution < 1.29 is 14.3 Å². The lowest BCUT2D eigenvalue weighted by Crippen LogP contribution is -2.22. The Bertz CT molecular complexity index is 654. The Morgan fingerprint density at radius 2 is 2.14 bits per heavy atom. The van der Waals surface area contributed by atoms with Crippen molar-refractivity contribution >= 4 is 28.5 Å². The van der Waals surface area contributed by atoms with Gasteiger partial charge < -0.3 is 14.8 Å². The summed E-state index contributed by atoms with van der Waals surface area (Å²) in [5.41, 5.74) is 1.63. The number of carbonyl (C=O) groups excluding carboxylic acids is 1. The second-order valence-electron chi connectivity index (χ2n) is 4.56. The van der Waals surface area contributed by atoms with E-state index in [1.165, 1.54) is 6.92 Å². The Kier molecular flexibility index (Phi) is 4.90. The summed E-state index contributed by atoms with van der Waals surface area (Å²) in [5.74, 6) is 0.556. The van der Waals surface area contributed by atoms with Crippen LogP contribution in [0, 0.1) is 0 Å². The van der Waals surface area contributed by atoms with Crippen LogP contribution in [0.1, 0.15) is 13.3 Å². The summed E-state index contributed by atoms with van der Waals surface area (Å²) >= 11 is 6.11. The van der Waals surface area contributed by atoms with Crippen molar-refractivity contribution in [2.75, 3.05) is 20.8 Å². The van der Waals surface area contributed by atoms with E-state index in [-0.39, 0.29) is 5.91 Å². The summed E-state index contributed by atoms with van der Waals surface area (Å²) in [4.78, 5) is 15.3. The number of hydrogen-bond donors (Lipinski definition) is 1. The molecular formula is C14H18ClN3O3. The largest absolute Gasteiger partial charge is 0.495 e. The number of halogens is 1. The van der Waals surface area contributed by atoms with Crippen LogP contribution in [0.4, 0.5) is 0 Å². The number of ether oxygens (including phenoxy) is 2. The molecule has 0 fully saturated rings. The summed E-state index contributed by atoms with van der Waals surface area (Å²) in [6, 6.07) is 4.10. The van der Waals surface area contributed by atoms with E-state index in [1.807, 2.05) is 10.6 Å². The molecule has 0 saturated heterocycles. The molecule has 0 bridgehead atoms. The average Bonchev–Trinajstić information content (AvgIpc) is 2.79. The maximum Gasteiger partial charge on any atom is 0.297 e. The molecule has 0 aliphatic rings. The van der Waals surface area contributed by atoms with Gasteiger partial charge in [0.25, 0.3) is 6.01 Å². The maximum atomic E-state index is 10.9. The normalized spacial score (nSPS) is 10.7. The molecule has 0 atom stereocenters. The van der Waals surface area contributed by atoms with Gasteiger partial charge in [-0.15, -0.1) is 0 Å². The lowest BCUT2D eigenvalue weighted by Gasteiger charge is -2.09. The van der Waals surface area contributed by atoms with Crippen LogP contribution < -0.4 is 14.8 Å². The number of aromatic nitrogens is 2. The molecule has 1 aromatic carbocycles. The molecule has 6 nitrogen and oxygen atoms in total. The van der Waals surface area contributed by atoms with Crippen molar-refractivity contribution in [3.05, 3.63) is 17.2 Å². The van der Waals surface area contributed by atoms with Gasteiger partial charge in [0, 0.05) is 26.1 Å². The molecular weight excluding hydrogens is 294 g/mol. The minimum absolute atomic E-state index is 0.0362. The third kappa shape index (κ3) is 3.39. The van der Waals surface area contributed by atoms with Gasteiger partial charge in [-0.3, -0.25) is 9.36 Å². The Labute approximate surface area is 128 Å². The van der Waals surface area contributed by atoms with E-state index in [0.29, 0.717) is 29.9 Å². The number of aryl methyl sites for hydroxylation is 1. The second kappa shape index (κ2) is 6.67. The van der Waals surface area contributed by atoms with Crippen LogP contribution in [0.25, 0.3) is 11.0 Å². The highest BCUT2D eigenvalue weighted by Crippen LogP contribution is 2.32. The minimum atomic E-state index is -0.0362. The van der Waals surface area contributed by atoms with Crippen molar-refractivity contribution in [3.63, 3.8) is 0 Å². The lowest BCUT2D eigenvalue weighted by molar-refractivity contribution is -0.118. The van der Waals surface area contributed by atoms with Crippen molar-refractivity contribution in [1.29, 1.82) is 0 Å². The topological polar surface area (TPSA) is 65.4 Å². The summed E-state index contributed by atoms with van der Waals surface area (Å²) in [7, 11) is 3.14. The molecule has 0 unspecified atom stereocenters. The highest BCUT2D eigenvalue weighted by molar-refractivity contribution is 6.32. The van der Waals surface area contributed by atoms with Crippen LogP contribution in [0.2, 0.25) is 5.02 Å². The van der Waals surface area contributed by atoms with Crippen LogP contribution in [0.5, 0.6) is 11.8 Å². The van der Waals surface area contributed by atoms with E-state index in [4.69, 9.17) is 21.1 Å². The van der Waals surface area contributed by atoms with Gasteiger partial charge >= 0.3 is 0 Å². The number of nitrogens with one attached hydrogen (secondary N) is 1. The molecule has 1 N–H and O–H groups in total. The van der Waals surface area contributed by atoms with E-state index in [2.05, 4.69) is 10.3 Å². The molecule has 0 aliphatic heterocycles. The van der Waals surface area contributed by atoms with Crippen molar-refractivity contribution in [2.45, 2.75) is 19.9 Å². The predicted molar refractivity (Wildman–Crippen MR) is 81.1 cm³/mol. The van der Waals surface area contributed by atoms with Gasteiger partial charge in [-0.1, -0.05) is 11.6 Å². The number of amides is 1. The van der Waals surface area contributed by atoms with E-state index >= 15 is 0 Å². The number of rotatable bonds is 6. The van der Waals surface area contributed by atoms with Crippen molar-refractivity contribution in [3.8, 4) is 11.8 Å². The summed E-state index contributed by atoms with van der Waals surface area (Å²) in [6.45, 7) is 2.77. The van der Waals surface area contributed by atoms with Gasteiger partial charge in [0.05, 0.1) is 30.3 Å². The molecule has 1 amide bonds. The second-order valence-corrected chi connectivity index (χ2v) is 4.97. The van der Waals surface area contributed by atoms with Gasteiger partial charge in [0.15, 0.2) is 0 Å². The monoisotopic (exact) mass is 311 g/mol. The first-order chi connectivity index (χ1) is 10.1. The van der Waals surface area contributed by atoms with Crippen molar-refractivity contribution in [2.24, 2.45) is 0 Å². The molecule has 21 heavy (non-hydrogen) atoms. The molecule has 0 spiro atoms. The number of carbonyl (C=O) groups is 1. The number of imidazole rings is 1. The molecule has 2 aromatic rings. The van der Waals surface area contributed by atoms with Gasteiger partial charge in [-0.05, 0) is 12.5 Å². The van der Waals surface area contributed by atoms with E-state index in [1.54, 1.807) is 20.3 Å². The zero-order valence-electron chi connectivity index (χ0n) is 12.3. The molecule has 0 saturated carbocycles. The third-order valence-corrected chi connectivity index (χ3v) is 3.40.